The van der Waals surface area contributed by atoms with Crippen molar-refractivity contribution in [1.82, 2.24) is 14.3 Å². The van der Waals surface area contributed by atoms with Gasteiger partial charge in [0.1, 0.15) is 0 Å². The molecular weight excluding hydrogens is 392 g/mol. The lowest BCUT2D eigenvalue weighted by molar-refractivity contribution is 0.0336. The first kappa shape index (κ1) is 18.5. The van der Waals surface area contributed by atoms with Gasteiger partial charge < -0.3 is 19.0 Å². The molecule has 6 nitrogen and oxygen atoms in total. The number of nitrogens with zero attached hydrogens (tertiary/aromatic N) is 2. The van der Waals surface area contributed by atoms with Gasteiger partial charge in [-0.15, -0.1) is 0 Å². The molecule has 4 heterocycles. The topological polar surface area (TPSA) is 66.8 Å². The van der Waals surface area contributed by atoms with Crippen LogP contribution in [-0.2, 0) is 11.3 Å². The van der Waals surface area contributed by atoms with E-state index >= 15 is 0 Å². The SMILES string of the molecule is CN(C(=O)c1cc2ccccn2c1)[C@H]1COCc2[nH]c(=O)c3cc(F)c(F)cc3c21. The van der Waals surface area contributed by atoms with E-state index in [2.05, 4.69) is 4.98 Å². The summed E-state index contributed by atoms with van der Waals surface area (Å²) in [4.78, 5) is 29.8. The zero-order chi connectivity index (χ0) is 21.0. The van der Waals surface area contributed by atoms with Crippen LogP contribution in [0.15, 0.2) is 53.6 Å². The second kappa shape index (κ2) is 6.77. The molecule has 1 aliphatic rings. The molecule has 30 heavy (non-hydrogen) atoms. The fourth-order valence-corrected chi connectivity index (χ4v) is 4.07. The number of likely N-dealkylation sites (N-methyl/N-ethyl adjacent to an activating group) is 1. The number of fused-ring (bicyclic) bond motifs is 4. The van der Waals surface area contributed by atoms with Crippen molar-refractivity contribution in [1.29, 1.82) is 0 Å². The van der Waals surface area contributed by atoms with Crippen molar-refractivity contribution in [3.05, 3.63) is 87.6 Å². The minimum absolute atomic E-state index is 0.0370. The Morgan fingerprint density at radius 2 is 1.97 bits per heavy atom. The van der Waals surface area contributed by atoms with Gasteiger partial charge in [-0.05, 0) is 35.7 Å². The lowest BCUT2D eigenvalue weighted by atomic mass is 9.95. The van der Waals surface area contributed by atoms with Gasteiger partial charge in [-0.2, -0.15) is 0 Å². The van der Waals surface area contributed by atoms with Crippen molar-refractivity contribution < 1.29 is 18.3 Å². The summed E-state index contributed by atoms with van der Waals surface area (Å²) in [6, 6.07) is 8.75. The largest absolute Gasteiger partial charge is 0.373 e. The molecule has 0 unspecified atom stereocenters. The normalized spacial score (nSPS) is 16.0. The van der Waals surface area contributed by atoms with Crippen LogP contribution in [0.4, 0.5) is 8.78 Å². The molecule has 5 rings (SSSR count). The van der Waals surface area contributed by atoms with Gasteiger partial charge in [0.15, 0.2) is 11.6 Å². The molecule has 1 amide bonds. The van der Waals surface area contributed by atoms with E-state index in [0.29, 0.717) is 16.8 Å². The maximum atomic E-state index is 14.0. The van der Waals surface area contributed by atoms with Crippen molar-refractivity contribution in [2.45, 2.75) is 12.6 Å². The molecule has 0 fully saturated rings. The zero-order valence-corrected chi connectivity index (χ0v) is 16.0. The van der Waals surface area contributed by atoms with Crippen LogP contribution in [0.2, 0.25) is 0 Å². The number of aromatic nitrogens is 2. The number of carbonyl (C=O) groups excluding carboxylic acids is 1. The van der Waals surface area contributed by atoms with Crippen molar-refractivity contribution in [3.8, 4) is 0 Å². The fraction of sp³-hybridized carbons (Fsp3) is 0.182. The Morgan fingerprint density at radius 3 is 2.73 bits per heavy atom. The molecule has 0 radical (unpaired) electrons. The molecule has 3 aromatic heterocycles. The van der Waals surface area contributed by atoms with Gasteiger partial charge in [-0.25, -0.2) is 8.78 Å². The van der Waals surface area contributed by atoms with Crippen LogP contribution in [0.25, 0.3) is 16.3 Å². The first-order chi connectivity index (χ1) is 14.4. The number of benzene rings is 1. The third kappa shape index (κ3) is 2.80. The van der Waals surface area contributed by atoms with Crippen LogP contribution < -0.4 is 5.56 Å². The maximum absolute atomic E-state index is 14.0. The van der Waals surface area contributed by atoms with Gasteiger partial charge in [0, 0.05) is 36.2 Å². The Balaban J connectivity index is 1.63. The van der Waals surface area contributed by atoms with Gasteiger partial charge in [0.25, 0.3) is 11.5 Å². The summed E-state index contributed by atoms with van der Waals surface area (Å²) < 4.78 is 35.2. The Bertz CT molecular complexity index is 1340. The van der Waals surface area contributed by atoms with Crippen LogP contribution in [0, 0.1) is 11.6 Å². The Labute approximate surface area is 169 Å². The van der Waals surface area contributed by atoms with E-state index in [9.17, 15) is 18.4 Å². The van der Waals surface area contributed by atoms with Crippen molar-refractivity contribution in [2.75, 3.05) is 13.7 Å². The maximum Gasteiger partial charge on any atom is 0.256 e. The Hall–Kier alpha value is -3.52. The van der Waals surface area contributed by atoms with Crippen LogP contribution in [0.3, 0.4) is 0 Å². The van der Waals surface area contributed by atoms with E-state index in [1.165, 1.54) is 4.90 Å². The van der Waals surface area contributed by atoms with Gasteiger partial charge >= 0.3 is 0 Å². The summed E-state index contributed by atoms with van der Waals surface area (Å²) in [5, 5.41) is 0.317. The third-order valence-corrected chi connectivity index (χ3v) is 5.58. The highest BCUT2D eigenvalue weighted by Crippen LogP contribution is 2.34. The number of ether oxygens (including phenoxy) is 1. The number of aromatic amines is 1. The average molecular weight is 409 g/mol. The number of rotatable bonds is 2. The minimum atomic E-state index is -1.10. The van der Waals surface area contributed by atoms with E-state index in [-0.39, 0.29) is 29.9 Å². The zero-order valence-electron chi connectivity index (χ0n) is 16.0. The highest BCUT2D eigenvalue weighted by molar-refractivity contribution is 5.96. The second-order valence-corrected chi connectivity index (χ2v) is 7.37. The summed E-state index contributed by atoms with van der Waals surface area (Å²) in [7, 11) is 1.63. The molecule has 1 N–H and O–H groups in total. The van der Waals surface area contributed by atoms with Crippen molar-refractivity contribution >= 4 is 22.2 Å². The smallest absolute Gasteiger partial charge is 0.256 e. The average Bonchev–Trinajstić information content (AvgIpc) is 3.18. The molecule has 1 aromatic carbocycles. The Kier molecular flexibility index (Phi) is 4.18. The third-order valence-electron chi connectivity index (χ3n) is 5.58. The Morgan fingerprint density at radius 1 is 1.20 bits per heavy atom. The van der Waals surface area contributed by atoms with E-state index in [1.807, 2.05) is 28.8 Å². The predicted molar refractivity (Wildman–Crippen MR) is 106 cm³/mol. The van der Waals surface area contributed by atoms with Crippen LogP contribution in [0.5, 0.6) is 0 Å². The lowest BCUT2D eigenvalue weighted by Gasteiger charge is -2.33. The molecule has 0 spiro atoms. The van der Waals surface area contributed by atoms with Gasteiger partial charge in [-0.3, -0.25) is 9.59 Å². The number of nitrogens with one attached hydrogen (secondary N) is 1. The standard InChI is InChI=1S/C22H17F2N3O3/c1-26(22(29)12-6-13-4-2-3-5-27(13)9-12)19-11-30-10-18-20(19)14-7-16(23)17(24)8-15(14)21(28)25-18/h2-9,19H,10-11H2,1H3,(H,25,28)/t19-/m0/s1. The van der Waals surface area contributed by atoms with E-state index in [4.69, 9.17) is 4.74 Å². The van der Waals surface area contributed by atoms with E-state index in [1.54, 1.807) is 19.3 Å². The molecule has 1 atom stereocenters. The van der Waals surface area contributed by atoms with Crippen LogP contribution >= 0.6 is 0 Å². The second-order valence-electron chi connectivity index (χ2n) is 7.37. The summed E-state index contributed by atoms with van der Waals surface area (Å²) >= 11 is 0. The van der Waals surface area contributed by atoms with E-state index < -0.39 is 23.2 Å². The minimum Gasteiger partial charge on any atom is -0.373 e. The van der Waals surface area contributed by atoms with Gasteiger partial charge in [-0.1, -0.05) is 6.07 Å². The van der Waals surface area contributed by atoms with Crippen LogP contribution in [-0.4, -0.2) is 33.8 Å². The van der Waals surface area contributed by atoms with Gasteiger partial charge in [0.2, 0.25) is 0 Å². The summed E-state index contributed by atoms with van der Waals surface area (Å²) in [5.41, 5.74) is 1.86. The number of hydrogen-bond acceptors (Lipinski definition) is 3. The number of carbonyl (C=O) groups is 1. The first-order valence-electron chi connectivity index (χ1n) is 9.39. The van der Waals surface area contributed by atoms with Crippen molar-refractivity contribution in [2.24, 2.45) is 0 Å². The molecule has 8 heteroatoms. The predicted octanol–water partition coefficient (Wildman–Crippen LogP) is 3.40. The fourth-order valence-electron chi connectivity index (χ4n) is 4.07. The number of amides is 1. The van der Waals surface area contributed by atoms with Gasteiger partial charge in [0.05, 0.1) is 30.2 Å². The number of pyridine rings is 2. The highest BCUT2D eigenvalue weighted by Gasteiger charge is 2.31. The van der Waals surface area contributed by atoms with Crippen molar-refractivity contribution in [3.63, 3.8) is 0 Å². The molecular formula is C22H17F2N3O3. The quantitative estimate of drug-likeness (QED) is 0.552. The lowest BCUT2D eigenvalue weighted by Crippen LogP contribution is -2.37. The molecule has 152 valence electrons. The highest BCUT2D eigenvalue weighted by atomic mass is 19.2. The number of halogens is 2. The summed E-state index contributed by atoms with van der Waals surface area (Å²) in [5.74, 6) is -2.39. The summed E-state index contributed by atoms with van der Waals surface area (Å²) in [6.45, 7) is 0.289. The molecule has 0 saturated carbocycles. The van der Waals surface area contributed by atoms with E-state index in [0.717, 1.165) is 17.6 Å². The van der Waals surface area contributed by atoms with Crippen LogP contribution in [0.1, 0.15) is 27.7 Å². The summed E-state index contributed by atoms with van der Waals surface area (Å²) in [6.07, 6.45) is 3.58. The number of hydrogen-bond donors (Lipinski definition) is 1. The molecule has 1 aliphatic heterocycles. The molecule has 0 aliphatic carbocycles. The number of H-pyrrole nitrogens is 1. The monoisotopic (exact) mass is 409 g/mol. The first-order valence-corrected chi connectivity index (χ1v) is 9.39. The molecule has 0 saturated heterocycles. The molecule has 0 bridgehead atoms. The molecule has 4 aromatic rings.